The smallest absolute Gasteiger partial charge is 0.226 e. The predicted molar refractivity (Wildman–Crippen MR) is 77.3 cm³/mol. The average molecular weight is 276 g/mol. The molecule has 1 aromatic heterocycles. The van der Waals surface area contributed by atoms with Crippen LogP contribution in [0.4, 0.5) is 0 Å². The van der Waals surface area contributed by atoms with Crippen molar-refractivity contribution in [3.63, 3.8) is 0 Å². The minimum atomic E-state index is -0.201. The summed E-state index contributed by atoms with van der Waals surface area (Å²) in [7, 11) is 0. The van der Waals surface area contributed by atoms with E-state index in [1.54, 1.807) is 0 Å². The summed E-state index contributed by atoms with van der Waals surface area (Å²) in [5, 5.41) is 6.64. The Hall–Kier alpha value is -1.36. The Morgan fingerprint density at radius 3 is 2.90 bits per heavy atom. The Kier molecular flexibility index (Phi) is 3.78. The monoisotopic (exact) mass is 276 g/mol. The summed E-state index contributed by atoms with van der Waals surface area (Å²) in [4.78, 5) is 16.8. The van der Waals surface area contributed by atoms with Crippen molar-refractivity contribution in [1.82, 2.24) is 20.2 Å². The third-order valence-corrected chi connectivity index (χ3v) is 4.96. The van der Waals surface area contributed by atoms with Crippen LogP contribution in [0.15, 0.2) is 18.7 Å². The van der Waals surface area contributed by atoms with Crippen LogP contribution in [0.3, 0.4) is 0 Å². The van der Waals surface area contributed by atoms with Crippen molar-refractivity contribution >= 4 is 5.91 Å². The van der Waals surface area contributed by atoms with Crippen molar-refractivity contribution < 1.29 is 4.79 Å². The maximum atomic E-state index is 12.6. The molecule has 1 saturated heterocycles. The molecule has 0 aromatic carbocycles. The number of rotatable bonds is 3. The Labute approximate surface area is 120 Å². The van der Waals surface area contributed by atoms with Crippen molar-refractivity contribution in [3.8, 4) is 0 Å². The van der Waals surface area contributed by atoms with Crippen molar-refractivity contribution in [2.24, 2.45) is 5.41 Å². The molecule has 2 aliphatic rings. The maximum Gasteiger partial charge on any atom is 0.226 e. The highest BCUT2D eigenvalue weighted by Crippen LogP contribution is 2.33. The van der Waals surface area contributed by atoms with Crippen LogP contribution in [-0.4, -0.2) is 34.6 Å². The van der Waals surface area contributed by atoms with E-state index in [0.717, 1.165) is 38.8 Å². The van der Waals surface area contributed by atoms with Crippen molar-refractivity contribution in [1.29, 1.82) is 0 Å². The van der Waals surface area contributed by atoms with Gasteiger partial charge in [-0.25, -0.2) is 4.98 Å². The van der Waals surface area contributed by atoms with Gasteiger partial charge in [-0.1, -0.05) is 6.92 Å². The molecule has 0 radical (unpaired) electrons. The lowest BCUT2D eigenvalue weighted by atomic mass is 9.80. The van der Waals surface area contributed by atoms with E-state index < -0.39 is 0 Å². The van der Waals surface area contributed by atoms with Gasteiger partial charge in [-0.3, -0.25) is 4.79 Å². The van der Waals surface area contributed by atoms with E-state index in [4.69, 9.17) is 0 Å². The molecule has 20 heavy (non-hydrogen) atoms. The summed E-state index contributed by atoms with van der Waals surface area (Å²) in [6, 6.07) is 0.621. The van der Waals surface area contributed by atoms with Crippen molar-refractivity contribution in [2.45, 2.75) is 51.1 Å². The van der Waals surface area contributed by atoms with Gasteiger partial charge >= 0.3 is 0 Å². The molecular formula is C15H24N4O. The van der Waals surface area contributed by atoms with Gasteiger partial charge in [-0.05, 0) is 45.2 Å². The van der Waals surface area contributed by atoms with Crippen LogP contribution < -0.4 is 10.6 Å². The third kappa shape index (κ3) is 2.59. The van der Waals surface area contributed by atoms with Crippen LogP contribution in [-0.2, 0) is 4.79 Å². The quantitative estimate of drug-likeness (QED) is 0.879. The van der Waals surface area contributed by atoms with Crippen LogP contribution in [0.5, 0.6) is 0 Å². The molecule has 1 amide bonds. The number of imidazole rings is 1. The number of aromatic nitrogens is 2. The van der Waals surface area contributed by atoms with E-state index in [-0.39, 0.29) is 17.4 Å². The minimum Gasteiger partial charge on any atom is -0.351 e. The van der Waals surface area contributed by atoms with Gasteiger partial charge in [-0.2, -0.15) is 0 Å². The maximum absolute atomic E-state index is 12.6. The van der Waals surface area contributed by atoms with Gasteiger partial charge in [0, 0.05) is 23.9 Å². The molecule has 5 heteroatoms. The molecule has 110 valence electrons. The van der Waals surface area contributed by atoms with E-state index >= 15 is 0 Å². The highest BCUT2D eigenvalue weighted by molar-refractivity contribution is 5.82. The molecule has 0 bridgehead atoms. The molecule has 5 nitrogen and oxygen atoms in total. The summed E-state index contributed by atoms with van der Waals surface area (Å²) in [6.07, 6.45) is 10.9. The second-order valence-corrected chi connectivity index (χ2v) is 6.40. The summed E-state index contributed by atoms with van der Waals surface area (Å²) in [5.74, 6) is 0.232. The van der Waals surface area contributed by atoms with E-state index in [1.807, 2.05) is 18.7 Å². The largest absolute Gasteiger partial charge is 0.351 e. The highest BCUT2D eigenvalue weighted by Gasteiger charge is 2.38. The van der Waals surface area contributed by atoms with Crippen LogP contribution in [0.1, 0.15) is 45.1 Å². The normalized spacial score (nSPS) is 29.2. The van der Waals surface area contributed by atoms with Gasteiger partial charge in [0.25, 0.3) is 0 Å². The lowest BCUT2D eigenvalue weighted by Gasteiger charge is -2.34. The van der Waals surface area contributed by atoms with Gasteiger partial charge in [0.15, 0.2) is 0 Å². The summed E-state index contributed by atoms with van der Waals surface area (Å²) < 4.78 is 2.14. The van der Waals surface area contributed by atoms with E-state index in [1.165, 1.54) is 6.42 Å². The zero-order chi connectivity index (χ0) is 14.0. The molecule has 1 aliphatic heterocycles. The lowest BCUT2D eigenvalue weighted by Crippen LogP contribution is -2.49. The van der Waals surface area contributed by atoms with Gasteiger partial charge < -0.3 is 15.2 Å². The van der Waals surface area contributed by atoms with Crippen LogP contribution >= 0.6 is 0 Å². The average Bonchev–Trinajstić information content (AvgIpc) is 3.09. The fourth-order valence-electron chi connectivity index (χ4n) is 3.48. The van der Waals surface area contributed by atoms with Gasteiger partial charge in [0.05, 0.1) is 12.4 Å². The zero-order valence-electron chi connectivity index (χ0n) is 12.1. The summed E-state index contributed by atoms with van der Waals surface area (Å²) in [6.45, 7) is 3.99. The number of nitrogens with one attached hydrogen (secondary N) is 2. The fraction of sp³-hybridized carbons (Fsp3) is 0.733. The number of piperidine rings is 1. The predicted octanol–water partition coefficient (Wildman–Crippen LogP) is 1.48. The SMILES string of the molecule is CC1(C(=O)NC2CCCC2n2ccnc2)CCNCC1. The lowest BCUT2D eigenvalue weighted by molar-refractivity contribution is -0.132. The number of nitrogens with zero attached hydrogens (tertiary/aromatic N) is 2. The van der Waals surface area contributed by atoms with Crippen molar-refractivity contribution in [2.75, 3.05) is 13.1 Å². The van der Waals surface area contributed by atoms with Gasteiger partial charge in [0.2, 0.25) is 5.91 Å². The Balaban J connectivity index is 1.66. The Bertz CT molecular complexity index is 450. The van der Waals surface area contributed by atoms with E-state index in [0.29, 0.717) is 6.04 Å². The molecule has 1 aliphatic carbocycles. The molecule has 2 heterocycles. The van der Waals surface area contributed by atoms with E-state index in [2.05, 4.69) is 27.1 Å². The second-order valence-electron chi connectivity index (χ2n) is 6.40. The molecule has 3 rings (SSSR count). The molecule has 0 spiro atoms. The van der Waals surface area contributed by atoms with Crippen LogP contribution in [0.25, 0.3) is 0 Å². The first-order chi connectivity index (χ1) is 9.69. The number of carbonyl (C=O) groups is 1. The standard InChI is InChI=1S/C15H24N4O/c1-15(5-7-16-8-6-15)14(20)18-12-3-2-4-13(12)19-10-9-17-11-19/h9-13,16H,2-8H2,1H3,(H,18,20). The first-order valence-corrected chi connectivity index (χ1v) is 7.68. The molecule has 1 saturated carbocycles. The first kappa shape index (κ1) is 13.6. The van der Waals surface area contributed by atoms with Crippen LogP contribution in [0.2, 0.25) is 0 Å². The molecule has 2 unspecified atom stereocenters. The number of amides is 1. The van der Waals surface area contributed by atoms with Crippen LogP contribution in [0, 0.1) is 5.41 Å². The molecule has 2 N–H and O–H groups in total. The number of carbonyl (C=O) groups excluding carboxylic acids is 1. The Morgan fingerprint density at radius 1 is 1.40 bits per heavy atom. The van der Waals surface area contributed by atoms with Gasteiger partial charge in [0.1, 0.15) is 0 Å². The summed E-state index contributed by atoms with van der Waals surface area (Å²) >= 11 is 0. The molecule has 1 aromatic rings. The summed E-state index contributed by atoms with van der Waals surface area (Å²) in [5.41, 5.74) is -0.201. The first-order valence-electron chi connectivity index (χ1n) is 7.68. The molecule has 2 atom stereocenters. The number of hydrogen-bond donors (Lipinski definition) is 2. The second kappa shape index (κ2) is 5.56. The molecular weight excluding hydrogens is 252 g/mol. The number of hydrogen-bond acceptors (Lipinski definition) is 3. The fourth-order valence-corrected chi connectivity index (χ4v) is 3.48. The van der Waals surface area contributed by atoms with Crippen molar-refractivity contribution in [3.05, 3.63) is 18.7 Å². The Morgan fingerprint density at radius 2 is 2.20 bits per heavy atom. The zero-order valence-corrected chi connectivity index (χ0v) is 12.1. The van der Waals surface area contributed by atoms with Gasteiger partial charge in [-0.15, -0.1) is 0 Å². The molecule has 2 fully saturated rings. The topological polar surface area (TPSA) is 59.0 Å². The minimum absolute atomic E-state index is 0.201. The third-order valence-electron chi connectivity index (χ3n) is 4.96. The van der Waals surface area contributed by atoms with E-state index in [9.17, 15) is 4.79 Å². The highest BCUT2D eigenvalue weighted by atomic mass is 16.2.